The molecule has 2 aromatic heterocycles. The van der Waals surface area contributed by atoms with Gasteiger partial charge in [0.25, 0.3) is 0 Å². The van der Waals surface area contributed by atoms with Gasteiger partial charge in [0.2, 0.25) is 11.8 Å². The van der Waals surface area contributed by atoms with E-state index < -0.39 is 0 Å². The smallest absolute Gasteiger partial charge is 0.247 e. The van der Waals surface area contributed by atoms with E-state index in [2.05, 4.69) is 76.5 Å². The largest absolute Gasteiger partial charge is 0.419 e. The van der Waals surface area contributed by atoms with E-state index in [1.54, 1.807) is 0 Å². The summed E-state index contributed by atoms with van der Waals surface area (Å²) < 4.78 is 6.03. The van der Waals surface area contributed by atoms with E-state index in [0.29, 0.717) is 11.8 Å². The van der Waals surface area contributed by atoms with Crippen molar-refractivity contribution in [3.05, 3.63) is 57.6 Å². The Bertz CT molecular complexity index is 897. The number of hydrogen-bond donors (Lipinski definition) is 0. The third kappa shape index (κ3) is 4.35. The topological polar surface area (TPSA) is 45.4 Å². The number of benzene rings is 1. The van der Waals surface area contributed by atoms with Crippen LogP contribution in [0.15, 0.2) is 40.1 Å². The van der Waals surface area contributed by atoms with E-state index in [-0.39, 0.29) is 6.04 Å². The fourth-order valence-corrected chi connectivity index (χ4v) is 4.35. The van der Waals surface area contributed by atoms with Crippen molar-refractivity contribution >= 4 is 11.3 Å². The normalized spacial score (nSPS) is 17.1. The average Bonchev–Trinajstić information content (AvgIpc) is 3.40. The fraction of sp³-hybridized carbons (Fsp3) is 0.455. The third-order valence-electron chi connectivity index (χ3n) is 5.76. The molecule has 0 bridgehead atoms. The van der Waals surface area contributed by atoms with Crippen LogP contribution in [-0.2, 0) is 6.42 Å². The molecule has 3 heterocycles. The zero-order chi connectivity index (χ0) is 19.5. The van der Waals surface area contributed by atoms with Gasteiger partial charge in [0.15, 0.2) is 0 Å². The molecule has 0 N–H and O–H groups in total. The third-order valence-corrected chi connectivity index (χ3v) is 6.70. The SMILES string of the molecule is Cc1ccc(-c2nnc(C(C)N3CCN(CCc4cccs4)CC3)o2)cc1C. The number of rotatable bonds is 6. The Morgan fingerprint density at radius 1 is 1.07 bits per heavy atom. The molecular weight excluding hydrogens is 368 g/mol. The summed E-state index contributed by atoms with van der Waals surface area (Å²) in [5, 5.41) is 10.8. The summed E-state index contributed by atoms with van der Waals surface area (Å²) in [5.74, 6) is 1.32. The van der Waals surface area contributed by atoms with Crippen LogP contribution in [-0.4, -0.2) is 52.7 Å². The van der Waals surface area contributed by atoms with Crippen molar-refractivity contribution in [2.75, 3.05) is 32.7 Å². The molecule has 28 heavy (non-hydrogen) atoms. The van der Waals surface area contributed by atoms with E-state index >= 15 is 0 Å². The molecule has 6 heteroatoms. The van der Waals surface area contributed by atoms with Crippen LogP contribution in [0.1, 0.15) is 34.9 Å². The lowest BCUT2D eigenvalue weighted by atomic mass is 10.1. The fourth-order valence-electron chi connectivity index (χ4n) is 3.65. The van der Waals surface area contributed by atoms with Crippen LogP contribution in [0.5, 0.6) is 0 Å². The molecule has 0 saturated carbocycles. The van der Waals surface area contributed by atoms with Gasteiger partial charge in [-0.25, -0.2) is 0 Å². The first kappa shape index (κ1) is 19.3. The molecule has 1 atom stereocenters. The maximum absolute atomic E-state index is 6.03. The number of thiophene rings is 1. The van der Waals surface area contributed by atoms with Crippen molar-refractivity contribution < 1.29 is 4.42 Å². The van der Waals surface area contributed by atoms with Gasteiger partial charge in [-0.3, -0.25) is 4.90 Å². The molecule has 3 aromatic rings. The van der Waals surface area contributed by atoms with Gasteiger partial charge in [0.05, 0.1) is 6.04 Å². The standard InChI is InChI=1S/C22H28N4OS/c1-16-6-7-19(15-17(16)2)22-24-23-21(27-22)18(3)26-12-10-25(11-13-26)9-8-20-5-4-14-28-20/h4-7,14-15,18H,8-13H2,1-3H3. The molecule has 4 rings (SSSR count). The van der Waals surface area contributed by atoms with Gasteiger partial charge in [0.1, 0.15) is 0 Å². The molecule has 1 aliphatic rings. The summed E-state index contributed by atoms with van der Waals surface area (Å²) in [7, 11) is 0. The van der Waals surface area contributed by atoms with Gasteiger partial charge in [0, 0.05) is 43.2 Å². The number of piperazine rings is 1. The Morgan fingerprint density at radius 3 is 2.61 bits per heavy atom. The van der Waals surface area contributed by atoms with Crippen molar-refractivity contribution in [1.29, 1.82) is 0 Å². The number of nitrogens with zero attached hydrogens (tertiary/aromatic N) is 4. The van der Waals surface area contributed by atoms with Gasteiger partial charge in [-0.1, -0.05) is 12.1 Å². The van der Waals surface area contributed by atoms with Crippen LogP contribution in [0.3, 0.4) is 0 Å². The predicted octanol–water partition coefficient (Wildman–Crippen LogP) is 4.34. The second-order valence-electron chi connectivity index (χ2n) is 7.63. The summed E-state index contributed by atoms with van der Waals surface area (Å²) in [4.78, 5) is 6.47. The van der Waals surface area contributed by atoms with Crippen molar-refractivity contribution in [2.45, 2.75) is 33.2 Å². The van der Waals surface area contributed by atoms with Crippen molar-refractivity contribution in [3.63, 3.8) is 0 Å². The highest BCUT2D eigenvalue weighted by Gasteiger charge is 2.25. The average molecular weight is 397 g/mol. The van der Waals surface area contributed by atoms with E-state index in [4.69, 9.17) is 4.42 Å². The summed E-state index contributed by atoms with van der Waals surface area (Å²) >= 11 is 1.85. The van der Waals surface area contributed by atoms with E-state index in [9.17, 15) is 0 Å². The highest BCUT2D eigenvalue weighted by Crippen LogP contribution is 2.26. The highest BCUT2D eigenvalue weighted by molar-refractivity contribution is 7.09. The molecule has 0 amide bonds. The molecule has 1 aliphatic heterocycles. The van der Waals surface area contributed by atoms with Gasteiger partial charge < -0.3 is 9.32 Å². The summed E-state index contributed by atoms with van der Waals surface area (Å²) in [6, 6.07) is 10.8. The summed E-state index contributed by atoms with van der Waals surface area (Å²) in [5.41, 5.74) is 3.50. The van der Waals surface area contributed by atoms with Crippen LogP contribution in [0, 0.1) is 13.8 Å². The lowest BCUT2D eigenvalue weighted by molar-refractivity contribution is 0.0924. The van der Waals surface area contributed by atoms with Crippen molar-refractivity contribution in [1.82, 2.24) is 20.0 Å². The molecule has 148 valence electrons. The maximum atomic E-state index is 6.03. The monoisotopic (exact) mass is 396 g/mol. The van der Waals surface area contributed by atoms with Crippen molar-refractivity contribution in [2.24, 2.45) is 0 Å². The zero-order valence-electron chi connectivity index (χ0n) is 16.9. The lowest BCUT2D eigenvalue weighted by Crippen LogP contribution is -2.47. The minimum absolute atomic E-state index is 0.146. The van der Waals surface area contributed by atoms with E-state index in [0.717, 1.165) is 44.7 Å². The summed E-state index contributed by atoms with van der Waals surface area (Å²) in [6.07, 6.45) is 1.15. The van der Waals surface area contributed by atoms with Crippen LogP contribution >= 0.6 is 11.3 Å². The first-order chi connectivity index (χ1) is 13.6. The van der Waals surface area contributed by atoms with Crippen LogP contribution < -0.4 is 0 Å². The zero-order valence-corrected chi connectivity index (χ0v) is 17.7. The quantitative estimate of drug-likeness (QED) is 0.620. The molecule has 1 fully saturated rings. The van der Waals surface area contributed by atoms with Gasteiger partial charge in [-0.15, -0.1) is 21.5 Å². The Balaban J connectivity index is 1.33. The van der Waals surface area contributed by atoms with Crippen LogP contribution in [0.25, 0.3) is 11.5 Å². The minimum Gasteiger partial charge on any atom is -0.419 e. The highest BCUT2D eigenvalue weighted by atomic mass is 32.1. The Morgan fingerprint density at radius 2 is 1.89 bits per heavy atom. The first-order valence-electron chi connectivity index (χ1n) is 10.00. The van der Waals surface area contributed by atoms with Gasteiger partial charge in [-0.2, -0.15) is 0 Å². The molecular formula is C22H28N4OS. The second kappa shape index (κ2) is 8.55. The molecule has 0 spiro atoms. The molecule has 0 aliphatic carbocycles. The number of hydrogen-bond acceptors (Lipinski definition) is 6. The molecule has 5 nitrogen and oxygen atoms in total. The Kier molecular flexibility index (Phi) is 5.90. The van der Waals surface area contributed by atoms with E-state index in [1.165, 1.54) is 16.0 Å². The molecule has 1 unspecified atom stereocenters. The second-order valence-corrected chi connectivity index (χ2v) is 8.66. The number of aryl methyl sites for hydroxylation is 2. The predicted molar refractivity (Wildman–Crippen MR) is 114 cm³/mol. The number of aromatic nitrogens is 2. The van der Waals surface area contributed by atoms with Crippen LogP contribution in [0.2, 0.25) is 0 Å². The Hall–Kier alpha value is -2.02. The van der Waals surface area contributed by atoms with Crippen molar-refractivity contribution in [3.8, 4) is 11.5 Å². The van der Waals surface area contributed by atoms with Crippen LogP contribution in [0.4, 0.5) is 0 Å². The molecule has 1 aromatic carbocycles. The lowest BCUT2D eigenvalue weighted by Gasteiger charge is -2.36. The Labute approximate surface area is 171 Å². The first-order valence-corrected chi connectivity index (χ1v) is 10.9. The van der Waals surface area contributed by atoms with E-state index in [1.807, 2.05) is 11.3 Å². The maximum Gasteiger partial charge on any atom is 0.247 e. The van der Waals surface area contributed by atoms with Gasteiger partial charge in [-0.05, 0) is 61.9 Å². The van der Waals surface area contributed by atoms with Gasteiger partial charge >= 0.3 is 0 Å². The molecule has 1 saturated heterocycles. The minimum atomic E-state index is 0.146. The summed E-state index contributed by atoms with van der Waals surface area (Å²) in [6.45, 7) is 11.8. The molecule has 0 radical (unpaired) electrons.